The van der Waals surface area contributed by atoms with E-state index in [4.69, 9.17) is 0 Å². The van der Waals surface area contributed by atoms with E-state index in [1.165, 1.54) is 50.1 Å². The zero-order chi connectivity index (χ0) is 26.0. The van der Waals surface area contributed by atoms with Crippen LogP contribution in [0, 0.1) is 5.92 Å². The van der Waals surface area contributed by atoms with E-state index in [0.717, 1.165) is 0 Å². The fourth-order valence-electron chi connectivity index (χ4n) is 4.53. The highest BCUT2D eigenvalue weighted by Crippen LogP contribution is 2.37. The van der Waals surface area contributed by atoms with Gasteiger partial charge in [-0.25, -0.2) is 0 Å². The molecule has 0 radical (unpaired) electrons. The van der Waals surface area contributed by atoms with Crippen LogP contribution in [0.2, 0.25) is 0 Å². The molecule has 4 rings (SSSR count). The van der Waals surface area contributed by atoms with E-state index >= 15 is 0 Å². The standard InChI is InChI=1S/C37H36/c1-28(2)35-24-23-29(3)37-30(4)33(21-13-11-19-31-15-7-5-8-16-31)25-26-34(36(37)27-35)22-14-12-20-32-17-9-6-10-18-32/h5-28H,1-4H3/b19-11?,20-12+,21-13?,22-14+. The molecule has 0 spiro atoms. The minimum absolute atomic E-state index is 0.457. The second kappa shape index (κ2) is 12.7. The molecule has 0 unspecified atom stereocenters. The Morgan fingerprint density at radius 3 is 1.65 bits per heavy atom. The highest BCUT2D eigenvalue weighted by atomic mass is 14.2. The number of hydrogen-bond donors (Lipinski definition) is 0. The lowest BCUT2D eigenvalue weighted by atomic mass is 9.89. The molecule has 184 valence electrons. The molecular weight excluding hydrogens is 444 g/mol. The fraction of sp³-hybridized carbons (Fsp3) is 0.135. The van der Waals surface area contributed by atoms with Crippen LogP contribution in [-0.4, -0.2) is 0 Å². The largest absolute Gasteiger partial charge is 0.0622 e. The van der Waals surface area contributed by atoms with Gasteiger partial charge >= 0.3 is 0 Å². The first-order valence-corrected chi connectivity index (χ1v) is 13.1. The predicted octanol–water partition coefficient (Wildman–Crippen LogP) is 10.2. The number of rotatable bonds is 7. The molecule has 37 heavy (non-hydrogen) atoms. The summed E-state index contributed by atoms with van der Waals surface area (Å²) in [5.74, 6) is 0.457. The topological polar surface area (TPSA) is 0 Å². The molecular formula is C37H36. The average molecular weight is 481 g/mol. The van der Waals surface area contributed by atoms with Gasteiger partial charge in [0.15, 0.2) is 0 Å². The van der Waals surface area contributed by atoms with Crippen molar-refractivity contribution >= 4 is 12.2 Å². The first-order valence-electron chi connectivity index (χ1n) is 13.1. The molecule has 2 aromatic carbocycles. The smallest absolute Gasteiger partial charge is 0.0103 e. The normalized spacial score (nSPS) is 16.6. The highest BCUT2D eigenvalue weighted by Gasteiger charge is 2.19. The Morgan fingerprint density at radius 1 is 0.568 bits per heavy atom. The van der Waals surface area contributed by atoms with Crippen molar-refractivity contribution in [2.24, 2.45) is 5.92 Å². The number of hydrogen-bond acceptors (Lipinski definition) is 0. The van der Waals surface area contributed by atoms with Crippen LogP contribution in [0.4, 0.5) is 0 Å². The van der Waals surface area contributed by atoms with Crippen LogP contribution in [0.25, 0.3) is 12.2 Å². The van der Waals surface area contributed by atoms with Crippen molar-refractivity contribution in [3.05, 3.63) is 178 Å². The van der Waals surface area contributed by atoms with Gasteiger partial charge in [-0.1, -0.05) is 153 Å². The van der Waals surface area contributed by atoms with Gasteiger partial charge in [0.05, 0.1) is 0 Å². The molecule has 0 N–H and O–H groups in total. The van der Waals surface area contributed by atoms with Crippen LogP contribution in [0.1, 0.15) is 38.8 Å². The van der Waals surface area contributed by atoms with Crippen LogP contribution in [0.3, 0.4) is 0 Å². The minimum Gasteiger partial charge on any atom is -0.0622 e. The van der Waals surface area contributed by atoms with Gasteiger partial charge in [-0.2, -0.15) is 0 Å². The molecule has 2 aliphatic carbocycles. The number of allylic oxidation sites excluding steroid dienone is 18. The number of fused-ring (bicyclic) bond motifs is 1. The number of benzene rings is 2. The molecule has 0 bridgehead atoms. The molecule has 0 atom stereocenters. The van der Waals surface area contributed by atoms with Gasteiger partial charge in [-0.15, -0.1) is 0 Å². The SMILES string of the molecule is CC1=C2C(C)=C(C=CC=Cc3ccccc3)C=CC(/C=C/C=C/c3ccccc3)=C2C=C(C(C)C)C=C1. The zero-order valence-electron chi connectivity index (χ0n) is 22.4. The monoisotopic (exact) mass is 480 g/mol. The zero-order valence-corrected chi connectivity index (χ0v) is 22.4. The van der Waals surface area contributed by atoms with Crippen LogP contribution in [0.15, 0.2) is 167 Å². The van der Waals surface area contributed by atoms with Crippen molar-refractivity contribution in [3.8, 4) is 0 Å². The third-order valence-corrected chi connectivity index (χ3v) is 6.68. The van der Waals surface area contributed by atoms with E-state index < -0.39 is 0 Å². The van der Waals surface area contributed by atoms with E-state index in [2.05, 4.69) is 155 Å². The summed E-state index contributed by atoms with van der Waals surface area (Å²) in [5, 5.41) is 0. The lowest BCUT2D eigenvalue weighted by Gasteiger charge is -2.15. The van der Waals surface area contributed by atoms with Gasteiger partial charge in [0.25, 0.3) is 0 Å². The van der Waals surface area contributed by atoms with Crippen LogP contribution < -0.4 is 0 Å². The van der Waals surface area contributed by atoms with Gasteiger partial charge in [0.2, 0.25) is 0 Å². The first kappa shape index (κ1) is 25.9. The molecule has 0 heteroatoms. The maximum absolute atomic E-state index is 2.38. The lowest BCUT2D eigenvalue weighted by Crippen LogP contribution is -1.97. The molecule has 0 fully saturated rings. The van der Waals surface area contributed by atoms with E-state index in [9.17, 15) is 0 Å². The Hall–Kier alpha value is -4.16. The van der Waals surface area contributed by atoms with E-state index in [0.29, 0.717) is 5.92 Å². The molecule has 2 aliphatic rings. The Kier molecular flexibility index (Phi) is 8.89. The van der Waals surface area contributed by atoms with Crippen molar-refractivity contribution in [1.82, 2.24) is 0 Å². The van der Waals surface area contributed by atoms with Crippen molar-refractivity contribution in [1.29, 1.82) is 0 Å². The highest BCUT2D eigenvalue weighted by molar-refractivity contribution is 5.69. The Labute approximate surface area is 223 Å². The Bertz CT molecular complexity index is 1400. The molecule has 0 aliphatic heterocycles. The quantitative estimate of drug-likeness (QED) is 0.346. The molecule has 0 nitrogen and oxygen atoms in total. The predicted molar refractivity (Wildman–Crippen MR) is 163 cm³/mol. The van der Waals surface area contributed by atoms with Crippen molar-refractivity contribution < 1.29 is 0 Å². The van der Waals surface area contributed by atoms with E-state index in [-0.39, 0.29) is 0 Å². The third kappa shape index (κ3) is 6.96. The summed E-state index contributed by atoms with van der Waals surface area (Å²) < 4.78 is 0. The van der Waals surface area contributed by atoms with Crippen LogP contribution in [0.5, 0.6) is 0 Å². The molecule has 0 saturated carbocycles. The van der Waals surface area contributed by atoms with Gasteiger partial charge in [0.1, 0.15) is 0 Å². The summed E-state index contributed by atoms with van der Waals surface area (Å²) in [6.07, 6.45) is 28.7. The first-order chi connectivity index (χ1) is 18.0. The molecule has 0 heterocycles. The second-order valence-corrected chi connectivity index (χ2v) is 9.73. The second-order valence-electron chi connectivity index (χ2n) is 9.73. The van der Waals surface area contributed by atoms with Crippen LogP contribution >= 0.6 is 0 Å². The summed E-state index contributed by atoms with van der Waals surface area (Å²) >= 11 is 0. The summed E-state index contributed by atoms with van der Waals surface area (Å²) in [4.78, 5) is 0. The Morgan fingerprint density at radius 2 is 1.08 bits per heavy atom. The molecule has 0 saturated heterocycles. The summed E-state index contributed by atoms with van der Waals surface area (Å²) in [5.41, 5.74) is 11.4. The van der Waals surface area contributed by atoms with Gasteiger partial charge in [0, 0.05) is 0 Å². The van der Waals surface area contributed by atoms with Crippen LogP contribution in [-0.2, 0) is 0 Å². The molecule has 2 aromatic rings. The van der Waals surface area contributed by atoms with Crippen molar-refractivity contribution in [3.63, 3.8) is 0 Å². The van der Waals surface area contributed by atoms with Gasteiger partial charge in [-0.3, -0.25) is 0 Å². The van der Waals surface area contributed by atoms with Crippen molar-refractivity contribution in [2.45, 2.75) is 27.7 Å². The molecule has 0 amide bonds. The summed E-state index contributed by atoms with van der Waals surface area (Å²) in [6.45, 7) is 8.99. The lowest BCUT2D eigenvalue weighted by molar-refractivity contribution is 0.791. The van der Waals surface area contributed by atoms with E-state index in [1.54, 1.807) is 0 Å². The third-order valence-electron chi connectivity index (χ3n) is 6.68. The summed E-state index contributed by atoms with van der Waals surface area (Å²) in [7, 11) is 0. The van der Waals surface area contributed by atoms with Gasteiger partial charge < -0.3 is 0 Å². The van der Waals surface area contributed by atoms with Gasteiger partial charge in [-0.05, 0) is 69.9 Å². The average Bonchev–Trinajstić information content (AvgIpc) is 3.16. The maximum Gasteiger partial charge on any atom is -0.0103 e. The fourth-order valence-corrected chi connectivity index (χ4v) is 4.53. The van der Waals surface area contributed by atoms with E-state index in [1.807, 2.05) is 12.1 Å². The summed E-state index contributed by atoms with van der Waals surface area (Å²) in [6, 6.07) is 20.8. The Balaban J connectivity index is 1.71. The minimum atomic E-state index is 0.457. The van der Waals surface area contributed by atoms with Crippen molar-refractivity contribution in [2.75, 3.05) is 0 Å². The molecule has 0 aromatic heterocycles. The maximum atomic E-state index is 2.38.